The third-order valence-corrected chi connectivity index (χ3v) is 4.88. The van der Waals surface area contributed by atoms with Gasteiger partial charge in [0.15, 0.2) is 0 Å². The summed E-state index contributed by atoms with van der Waals surface area (Å²) in [6.45, 7) is 1.83. The molecule has 2 fully saturated rings. The summed E-state index contributed by atoms with van der Waals surface area (Å²) >= 11 is 0. The quantitative estimate of drug-likeness (QED) is 0.487. The van der Waals surface area contributed by atoms with E-state index in [0.29, 0.717) is 5.56 Å². The van der Waals surface area contributed by atoms with E-state index >= 15 is 0 Å². The van der Waals surface area contributed by atoms with E-state index in [1.165, 1.54) is 11.0 Å². The van der Waals surface area contributed by atoms with E-state index < -0.39 is 10.8 Å². The highest BCUT2D eigenvalue weighted by molar-refractivity contribution is 6.07. The van der Waals surface area contributed by atoms with E-state index in [4.69, 9.17) is 0 Å². The van der Waals surface area contributed by atoms with Crippen LogP contribution in [0.3, 0.4) is 0 Å². The Morgan fingerprint density at radius 3 is 2.52 bits per heavy atom. The van der Waals surface area contributed by atoms with Gasteiger partial charge in [0.2, 0.25) is 11.8 Å². The maximum absolute atomic E-state index is 12.8. The van der Waals surface area contributed by atoms with E-state index in [0.717, 1.165) is 37.7 Å². The molecule has 1 atom stereocenters. The molecule has 0 aromatic heterocycles. The predicted molar refractivity (Wildman–Crippen MR) is 83.9 cm³/mol. The van der Waals surface area contributed by atoms with Gasteiger partial charge < -0.3 is 0 Å². The third-order valence-electron chi connectivity index (χ3n) is 4.88. The van der Waals surface area contributed by atoms with Crippen LogP contribution in [0.5, 0.6) is 0 Å². The standard InChI is InChI=1S/C17H20N2O4/c1-11-7-8-15(19(22)23)13(9-11)14-10-16(20)18(17(14)21)12-5-3-2-4-6-12/h7-9,12,14H,2-6,10H2,1H3. The van der Waals surface area contributed by atoms with Crippen molar-refractivity contribution in [1.82, 2.24) is 4.90 Å². The Labute approximate surface area is 134 Å². The van der Waals surface area contributed by atoms with Crippen LogP contribution in [0.1, 0.15) is 55.6 Å². The van der Waals surface area contributed by atoms with Crippen molar-refractivity contribution in [2.75, 3.05) is 0 Å². The van der Waals surface area contributed by atoms with Crippen molar-refractivity contribution in [3.05, 3.63) is 39.4 Å². The molecule has 23 heavy (non-hydrogen) atoms. The number of rotatable bonds is 3. The molecule has 2 amide bonds. The largest absolute Gasteiger partial charge is 0.279 e. The van der Waals surface area contributed by atoms with E-state index in [1.54, 1.807) is 12.1 Å². The number of carbonyl (C=O) groups is 2. The van der Waals surface area contributed by atoms with Crippen molar-refractivity contribution in [2.24, 2.45) is 0 Å². The second-order valence-electron chi connectivity index (χ2n) is 6.47. The van der Waals surface area contributed by atoms with Crippen LogP contribution in [0, 0.1) is 17.0 Å². The molecule has 1 saturated carbocycles. The summed E-state index contributed by atoms with van der Waals surface area (Å²) in [6.07, 6.45) is 4.92. The SMILES string of the molecule is Cc1ccc([N+](=O)[O-])c(C2CC(=O)N(C3CCCCC3)C2=O)c1. The molecular formula is C17H20N2O4. The molecule has 1 aliphatic carbocycles. The molecular weight excluding hydrogens is 296 g/mol. The number of carbonyl (C=O) groups excluding carboxylic acids is 2. The molecule has 3 rings (SSSR count). The molecule has 1 aromatic carbocycles. The Bertz CT molecular complexity index is 665. The second kappa shape index (κ2) is 6.10. The van der Waals surface area contributed by atoms with Crippen LogP contribution < -0.4 is 0 Å². The van der Waals surface area contributed by atoms with Crippen molar-refractivity contribution in [2.45, 2.75) is 57.4 Å². The molecule has 1 heterocycles. The van der Waals surface area contributed by atoms with Crippen LogP contribution in [-0.2, 0) is 9.59 Å². The molecule has 1 unspecified atom stereocenters. The van der Waals surface area contributed by atoms with Gasteiger partial charge in [-0.2, -0.15) is 0 Å². The van der Waals surface area contributed by atoms with Crippen molar-refractivity contribution < 1.29 is 14.5 Å². The fourth-order valence-corrected chi connectivity index (χ4v) is 3.74. The Hall–Kier alpha value is -2.24. The van der Waals surface area contributed by atoms with E-state index in [-0.39, 0.29) is 30.0 Å². The summed E-state index contributed by atoms with van der Waals surface area (Å²) in [5, 5.41) is 11.3. The van der Waals surface area contributed by atoms with Crippen LogP contribution >= 0.6 is 0 Å². The van der Waals surface area contributed by atoms with Gasteiger partial charge in [-0.05, 0) is 25.8 Å². The van der Waals surface area contributed by atoms with Crippen LogP contribution in [0.15, 0.2) is 18.2 Å². The van der Waals surface area contributed by atoms with Crippen LogP contribution in [-0.4, -0.2) is 27.7 Å². The Balaban J connectivity index is 1.93. The van der Waals surface area contributed by atoms with E-state index in [9.17, 15) is 19.7 Å². The molecule has 2 aliphatic rings. The first-order valence-corrected chi connectivity index (χ1v) is 8.10. The third kappa shape index (κ3) is 2.85. The Kier molecular flexibility index (Phi) is 4.15. The van der Waals surface area contributed by atoms with Crippen LogP contribution in [0.25, 0.3) is 0 Å². The number of hydrogen-bond donors (Lipinski definition) is 0. The first-order valence-electron chi connectivity index (χ1n) is 8.10. The lowest BCUT2D eigenvalue weighted by molar-refractivity contribution is -0.385. The van der Waals surface area contributed by atoms with Crippen LogP contribution in [0.4, 0.5) is 5.69 Å². The fraction of sp³-hybridized carbons (Fsp3) is 0.529. The Morgan fingerprint density at radius 2 is 1.87 bits per heavy atom. The van der Waals surface area contributed by atoms with E-state index in [2.05, 4.69) is 0 Å². The molecule has 1 saturated heterocycles. The maximum atomic E-state index is 12.8. The summed E-state index contributed by atoms with van der Waals surface area (Å²) in [7, 11) is 0. The molecule has 122 valence electrons. The minimum Gasteiger partial charge on any atom is -0.279 e. The highest BCUT2D eigenvalue weighted by atomic mass is 16.6. The number of aryl methyl sites for hydroxylation is 1. The molecule has 0 radical (unpaired) electrons. The van der Waals surface area contributed by atoms with Gasteiger partial charge >= 0.3 is 0 Å². The highest BCUT2D eigenvalue weighted by Crippen LogP contribution is 2.38. The van der Waals surface area contributed by atoms with Crippen LogP contribution in [0.2, 0.25) is 0 Å². The highest BCUT2D eigenvalue weighted by Gasteiger charge is 2.45. The number of benzene rings is 1. The zero-order chi connectivity index (χ0) is 16.6. The average Bonchev–Trinajstić information content (AvgIpc) is 2.82. The predicted octanol–water partition coefficient (Wildman–Crippen LogP) is 3.08. The number of hydrogen-bond acceptors (Lipinski definition) is 4. The molecule has 0 bridgehead atoms. The summed E-state index contributed by atoms with van der Waals surface area (Å²) in [5.74, 6) is -1.18. The van der Waals surface area contributed by atoms with Gasteiger partial charge in [-0.1, -0.05) is 30.9 Å². The van der Waals surface area contributed by atoms with Gasteiger partial charge in [0.25, 0.3) is 5.69 Å². The van der Waals surface area contributed by atoms with Crippen molar-refractivity contribution in [3.63, 3.8) is 0 Å². The number of likely N-dealkylation sites (tertiary alicyclic amines) is 1. The zero-order valence-electron chi connectivity index (χ0n) is 13.2. The molecule has 1 aliphatic heterocycles. The summed E-state index contributed by atoms with van der Waals surface area (Å²) in [6, 6.07) is 4.71. The molecule has 6 heteroatoms. The van der Waals surface area contributed by atoms with Gasteiger partial charge in [0, 0.05) is 24.1 Å². The lowest BCUT2D eigenvalue weighted by atomic mass is 9.93. The fourth-order valence-electron chi connectivity index (χ4n) is 3.74. The minimum atomic E-state index is -0.718. The van der Waals surface area contributed by atoms with Gasteiger partial charge in [0.1, 0.15) is 0 Å². The summed E-state index contributed by atoms with van der Waals surface area (Å²) in [4.78, 5) is 37.3. The molecule has 6 nitrogen and oxygen atoms in total. The van der Waals surface area contributed by atoms with Gasteiger partial charge in [-0.25, -0.2) is 0 Å². The topological polar surface area (TPSA) is 80.5 Å². The van der Waals surface area contributed by atoms with Gasteiger partial charge in [0.05, 0.1) is 10.8 Å². The number of amides is 2. The maximum Gasteiger partial charge on any atom is 0.273 e. The molecule has 0 spiro atoms. The molecule has 0 N–H and O–H groups in total. The monoisotopic (exact) mass is 316 g/mol. The number of imide groups is 1. The average molecular weight is 316 g/mol. The smallest absolute Gasteiger partial charge is 0.273 e. The zero-order valence-corrected chi connectivity index (χ0v) is 13.2. The molecule has 1 aromatic rings. The van der Waals surface area contributed by atoms with E-state index in [1.807, 2.05) is 6.92 Å². The van der Waals surface area contributed by atoms with Gasteiger partial charge in [-0.3, -0.25) is 24.6 Å². The number of nitrogens with zero attached hydrogens (tertiary/aromatic N) is 2. The first-order chi connectivity index (χ1) is 11.0. The second-order valence-corrected chi connectivity index (χ2v) is 6.47. The van der Waals surface area contributed by atoms with Crippen molar-refractivity contribution in [3.8, 4) is 0 Å². The summed E-state index contributed by atoms with van der Waals surface area (Å²) < 4.78 is 0. The number of nitro groups is 1. The lowest BCUT2D eigenvalue weighted by Crippen LogP contribution is -2.41. The van der Waals surface area contributed by atoms with Gasteiger partial charge in [-0.15, -0.1) is 0 Å². The summed E-state index contributed by atoms with van der Waals surface area (Å²) in [5.41, 5.74) is 1.14. The first kappa shape index (κ1) is 15.6. The van der Waals surface area contributed by atoms with Crippen molar-refractivity contribution >= 4 is 17.5 Å². The normalized spacial score (nSPS) is 22.7. The van der Waals surface area contributed by atoms with Crippen molar-refractivity contribution in [1.29, 1.82) is 0 Å². The number of nitro benzene ring substituents is 1. The Morgan fingerprint density at radius 1 is 1.17 bits per heavy atom. The lowest BCUT2D eigenvalue weighted by Gasteiger charge is -2.29. The minimum absolute atomic E-state index is 0.0300.